The van der Waals surface area contributed by atoms with Gasteiger partial charge in [-0.05, 0) is 25.0 Å². The van der Waals surface area contributed by atoms with Crippen molar-refractivity contribution in [2.45, 2.75) is 26.7 Å². The fraction of sp³-hybridized carbons (Fsp3) is 0.429. The standard InChI is InChI=1S/C14H19NO4/c1-3-10(4-2)14(18)15-11-6-5-7-12(8-11)19-9-13(16)17/h5-8,10H,3-4,9H2,1-2H3,(H,15,18)(H,16,17). The van der Waals surface area contributed by atoms with Crippen LogP contribution in [0, 0.1) is 5.92 Å². The second kappa shape index (κ2) is 7.41. The molecule has 0 aromatic heterocycles. The highest BCUT2D eigenvalue weighted by atomic mass is 16.5. The number of ether oxygens (including phenoxy) is 1. The molecule has 0 fully saturated rings. The van der Waals surface area contributed by atoms with E-state index in [9.17, 15) is 9.59 Å². The fourth-order valence-corrected chi connectivity index (χ4v) is 1.71. The first-order chi connectivity index (χ1) is 9.06. The van der Waals surface area contributed by atoms with Gasteiger partial charge in [-0.2, -0.15) is 0 Å². The molecule has 0 aliphatic heterocycles. The summed E-state index contributed by atoms with van der Waals surface area (Å²) in [5, 5.41) is 11.3. The molecule has 0 saturated heterocycles. The third-order valence-electron chi connectivity index (χ3n) is 2.82. The number of carboxylic acids is 1. The van der Waals surface area contributed by atoms with Crippen LogP contribution in [-0.2, 0) is 9.59 Å². The average molecular weight is 265 g/mol. The molecule has 1 aromatic rings. The van der Waals surface area contributed by atoms with Crippen molar-refractivity contribution in [2.24, 2.45) is 5.92 Å². The Kier molecular flexibility index (Phi) is 5.85. The van der Waals surface area contributed by atoms with Crippen LogP contribution >= 0.6 is 0 Å². The largest absolute Gasteiger partial charge is 0.482 e. The molecule has 19 heavy (non-hydrogen) atoms. The van der Waals surface area contributed by atoms with E-state index in [0.29, 0.717) is 11.4 Å². The average Bonchev–Trinajstić information content (AvgIpc) is 2.38. The van der Waals surface area contributed by atoms with Crippen LogP contribution in [0.15, 0.2) is 24.3 Å². The van der Waals surface area contributed by atoms with Crippen LogP contribution in [0.5, 0.6) is 5.75 Å². The van der Waals surface area contributed by atoms with E-state index in [0.717, 1.165) is 12.8 Å². The van der Waals surface area contributed by atoms with E-state index >= 15 is 0 Å². The maximum Gasteiger partial charge on any atom is 0.341 e. The van der Waals surface area contributed by atoms with Crippen molar-refractivity contribution in [3.05, 3.63) is 24.3 Å². The lowest BCUT2D eigenvalue weighted by atomic mass is 10.0. The van der Waals surface area contributed by atoms with Crippen molar-refractivity contribution in [2.75, 3.05) is 11.9 Å². The molecule has 1 rings (SSSR count). The Morgan fingerprint density at radius 2 is 2.00 bits per heavy atom. The topological polar surface area (TPSA) is 75.6 Å². The highest BCUT2D eigenvalue weighted by molar-refractivity contribution is 5.92. The van der Waals surface area contributed by atoms with Crippen molar-refractivity contribution in [3.63, 3.8) is 0 Å². The number of aliphatic carboxylic acids is 1. The first-order valence-corrected chi connectivity index (χ1v) is 6.32. The van der Waals surface area contributed by atoms with E-state index in [4.69, 9.17) is 9.84 Å². The summed E-state index contributed by atoms with van der Waals surface area (Å²) in [5.41, 5.74) is 0.611. The number of nitrogens with one attached hydrogen (secondary N) is 1. The van der Waals surface area contributed by atoms with Gasteiger partial charge in [0.15, 0.2) is 6.61 Å². The molecule has 0 heterocycles. The van der Waals surface area contributed by atoms with E-state index < -0.39 is 12.6 Å². The van der Waals surface area contributed by atoms with Gasteiger partial charge in [0.2, 0.25) is 5.91 Å². The van der Waals surface area contributed by atoms with Gasteiger partial charge >= 0.3 is 5.97 Å². The molecule has 0 aliphatic carbocycles. The smallest absolute Gasteiger partial charge is 0.341 e. The molecule has 0 bridgehead atoms. The van der Waals surface area contributed by atoms with Crippen LogP contribution in [0.4, 0.5) is 5.69 Å². The summed E-state index contributed by atoms with van der Waals surface area (Å²) in [4.78, 5) is 22.3. The lowest BCUT2D eigenvalue weighted by molar-refractivity contribution is -0.139. The van der Waals surface area contributed by atoms with Crippen LogP contribution in [-0.4, -0.2) is 23.6 Å². The van der Waals surface area contributed by atoms with Crippen molar-refractivity contribution in [1.29, 1.82) is 0 Å². The molecule has 0 radical (unpaired) electrons. The third kappa shape index (κ3) is 4.99. The van der Waals surface area contributed by atoms with Crippen molar-refractivity contribution >= 4 is 17.6 Å². The molecule has 2 N–H and O–H groups in total. The van der Waals surface area contributed by atoms with Gasteiger partial charge in [0, 0.05) is 17.7 Å². The molecule has 0 atom stereocenters. The summed E-state index contributed by atoms with van der Waals surface area (Å²) in [6, 6.07) is 6.71. The molecule has 0 aliphatic rings. The van der Waals surface area contributed by atoms with Gasteiger partial charge in [0.1, 0.15) is 5.75 Å². The molecule has 0 spiro atoms. The van der Waals surface area contributed by atoms with Crippen LogP contribution in [0.2, 0.25) is 0 Å². The van der Waals surface area contributed by atoms with Crippen molar-refractivity contribution in [1.82, 2.24) is 0 Å². The number of hydrogen-bond donors (Lipinski definition) is 2. The van der Waals surface area contributed by atoms with Crippen molar-refractivity contribution < 1.29 is 19.4 Å². The summed E-state index contributed by atoms with van der Waals surface area (Å²) >= 11 is 0. The molecule has 5 nitrogen and oxygen atoms in total. The Morgan fingerprint density at radius 1 is 1.32 bits per heavy atom. The quantitative estimate of drug-likeness (QED) is 0.794. The zero-order valence-corrected chi connectivity index (χ0v) is 11.2. The van der Waals surface area contributed by atoms with Gasteiger partial charge in [-0.25, -0.2) is 4.79 Å². The number of amides is 1. The van der Waals surface area contributed by atoms with Crippen LogP contribution in [0.3, 0.4) is 0 Å². The molecule has 1 amide bonds. The maximum atomic E-state index is 11.9. The highest BCUT2D eigenvalue weighted by Crippen LogP contribution is 2.19. The number of benzene rings is 1. The first-order valence-electron chi connectivity index (χ1n) is 6.32. The second-order valence-corrected chi connectivity index (χ2v) is 4.21. The summed E-state index contributed by atoms with van der Waals surface area (Å²) in [5.74, 6) is -0.653. The molecule has 0 saturated carbocycles. The normalized spacial score (nSPS) is 10.3. The van der Waals surface area contributed by atoms with Crippen LogP contribution in [0.1, 0.15) is 26.7 Å². The van der Waals surface area contributed by atoms with E-state index in [1.807, 2.05) is 13.8 Å². The lowest BCUT2D eigenvalue weighted by Crippen LogP contribution is -2.21. The minimum atomic E-state index is -1.04. The number of anilines is 1. The summed E-state index contributed by atoms with van der Waals surface area (Å²) in [6.45, 7) is 3.55. The summed E-state index contributed by atoms with van der Waals surface area (Å²) < 4.78 is 5.05. The van der Waals surface area contributed by atoms with Crippen LogP contribution < -0.4 is 10.1 Å². The van der Waals surface area contributed by atoms with E-state index in [-0.39, 0.29) is 11.8 Å². The predicted molar refractivity (Wildman–Crippen MR) is 72.3 cm³/mol. The van der Waals surface area contributed by atoms with Gasteiger partial charge in [-0.1, -0.05) is 19.9 Å². The number of rotatable bonds is 7. The Hall–Kier alpha value is -2.04. The zero-order chi connectivity index (χ0) is 14.3. The van der Waals surface area contributed by atoms with Gasteiger partial charge in [-0.15, -0.1) is 0 Å². The Bertz CT molecular complexity index is 441. The number of carbonyl (C=O) groups is 2. The van der Waals surface area contributed by atoms with Gasteiger partial charge < -0.3 is 15.2 Å². The number of carbonyl (C=O) groups excluding carboxylic acids is 1. The third-order valence-corrected chi connectivity index (χ3v) is 2.82. The Labute approximate surface area is 112 Å². The SMILES string of the molecule is CCC(CC)C(=O)Nc1cccc(OCC(=O)O)c1. The fourth-order valence-electron chi connectivity index (χ4n) is 1.71. The molecular formula is C14H19NO4. The minimum absolute atomic E-state index is 0.0106. The zero-order valence-electron chi connectivity index (χ0n) is 11.2. The van der Waals surface area contributed by atoms with Crippen molar-refractivity contribution in [3.8, 4) is 5.75 Å². The monoisotopic (exact) mass is 265 g/mol. The molecule has 5 heteroatoms. The summed E-state index contributed by atoms with van der Waals surface area (Å²) in [7, 11) is 0. The van der Waals surface area contributed by atoms with Gasteiger partial charge in [0.05, 0.1) is 0 Å². The molecular weight excluding hydrogens is 246 g/mol. The van der Waals surface area contributed by atoms with E-state index in [2.05, 4.69) is 5.32 Å². The first kappa shape index (κ1) is 15.0. The Balaban J connectivity index is 2.66. The second-order valence-electron chi connectivity index (χ2n) is 4.21. The number of carboxylic acid groups (broad SMARTS) is 1. The van der Waals surface area contributed by atoms with Gasteiger partial charge in [-0.3, -0.25) is 4.79 Å². The lowest BCUT2D eigenvalue weighted by Gasteiger charge is -2.13. The predicted octanol–water partition coefficient (Wildman–Crippen LogP) is 2.52. The van der Waals surface area contributed by atoms with E-state index in [1.165, 1.54) is 0 Å². The summed E-state index contributed by atoms with van der Waals surface area (Å²) in [6.07, 6.45) is 1.58. The van der Waals surface area contributed by atoms with Crippen LogP contribution in [0.25, 0.3) is 0 Å². The Morgan fingerprint density at radius 3 is 2.58 bits per heavy atom. The number of hydrogen-bond acceptors (Lipinski definition) is 3. The molecule has 104 valence electrons. The highest BCUT2D eigenvalue weighted by Gasteiger charge is 2.14. The van der Waals surface area contributed by atoms with E-state index in [1.54, 1.807) is 24.3 Å². The molecule has 1 aromatic carbocycles. The maximum absolute atomic E-state index is 11.9. The molecule has 0 unspecified atom stereocenters. The van der Waals surface area contributed by atoms with Gasteiger partial charge in [0.25, 0.3) is 0 Å². The minimum Gasteiger partial charge on any atom is -0.482 e.